The van der Waals surface area contributed by atoms with Crippen molar-refractivity contribution in [1.29, 1.82) is 0 Å². The van der Waals surface area contributed by atoms with Crippen molar-refractivity contribution in [2.24, 2.45) is 0 Å². The van der Waals surface area contributed by atoms with Crippen LogP contribution in [0.3, 0.4) is 0 Å². The lowest BCUT2D eigenvalue weighted by Gasteiger charge is -1.97. The number of pyridine rings is 1. The van der Waals surface area contributed by atoms with Crippen LogP contribution in [0.4, 0.5) is 0 Å². The summed E-state index contributed by atoms with van der Waals surface area (Å²) in [5.41, 5.74) is 2.91. The number of fused-ring (bicyclic) bond motifs is 2. The van der Waals surface area contributed by atoms with Gasteiger partial charge >= 0.3 is 0 Å². The van der Waals surface area contributed by atoms with Gasteiger partial charge in [-0.05, 0) is 24.3 Å². The standard InChI is InChI=1S/C16H13N3OS/c1-2-6-14-13(5-1)18-16(21-14)11-20-10-12-9-19-8-4-3-7-15(19)17-12/h1-9H,10-11H2. The second-order valence-electron chi connectivity index (χ2n) is 4.77. The second-order valence-corrected chi connectivity index (χ2v) is 5.88. The molecule has 0 aliphatic rings. The van der Waals surface area contributed by atoms with E-state index < -0.39 is 0 Å². The normalized spacial score (nSPS) is 11.4. The smallest absolute Gasteiger partial charge is 0.137 e. The Hall–Kier alpha value is -2.24. The maximum Gasteiger partial charge on any atom is 0.137 e. The van der Waals surface area contributed by atoms with Crippen LogP contribution in [0.5, 0.6) is 0 Å². The van der Waals surface area contributed by atoms with Gasteiger partial charge in [-0.25, -0.2) is 9.97 Å². The minimum absolute atomic E-state index is 0.498. The van der Waals surface area contributed by atoms with Gasteiger partial charge in [-0.2, -0.15) is 0 Å². The second kappa shape index (κ2) is 5.27. The Morgan fingerprint density at radius 2 is 1.90 bits per heavy atom. The summed E-state index contributed by atoms with van der Waals surface area (Å²) in [4.78, 5) is 9.06. The molecule has 4 nitrogen and oxygen atoms in total. The summed E-state index contributed by atoms with van der Waals surface area (Å²) >= 11 is 1.68. The Bertz CT molecular complexity index is 756. The van der Waals surface area contributed by atoms with E-state index in [4.69, 9.17) is 4.74 Å². The van der Waals surface area contributed by atoms with Crippen LogP contribution in [0, 0.1) is 0 Å². The maximum atomic E-state index is 5.74. The predicted octanol–water partition coefficient (Wildman–Crippen LogP) is 3.66. The molecule has 0 unspecified atom stereocenters. The molecule has 0 radical (unpaired) electrons. The van der Waals surface area contributed by atoms with Crippen molar-refractivity contribution < 1.29 is 4.74 Å². The highest BCUT2D eigenvalue weighted by Crippen LogP contribution is 2.22. The molecule has 4 rings (SSSR count). The Balaban J connectivity index is 1.44. The number of thiazole rings is 1. The van der Waals surface area contributed by atoms with Crippen LogP contribution in [0.1, 0.15) is 10.7 Å². The fourth-order valence-corrected chi connectivity index (χ4v) is 3.19. The Kier molecular flexibility index (Phi) is 3.14. The van der Waals surface area contributed by atoms with E-state index in [-0.39, 0.29) is 0 Å². The van der Waals surface area contributed by atoms with Gasteiger partial charge in [0.15, 0.2) is 0 Å². The molecular weight excluding hydrogens is 282 g/mol. The Labute approximate surface area is 125 Å². The van der Waals surface area contributed by atoms with Crippen LogP contribution in [0.15, 0.2) is 54.9 Å². The van der Waals surface area contributed by atoms with Crippen LogP contribution >= 0.6 is 11.3 Å². The first-order chi connectivity index (χ1) is 10.4. The molecule has 0 aliphatic carbocycles. The van der Waals surface area contributed by atoms with E-state index >= 15 is 0 Å². The van der Waals surface area contributed by atoms with Gasteiger partial charge in [0, 0.05) is 12.4 Å². The minimum Gasteiger partial charge on any atom is -0.368 e. The van der Waals surface area contributed by atoms with E-state index in [1.165, 1.54) is 4.70 Å². The van der Waals surface area contributed by atoms with Gasteiger partial charge in [-0.1, -0.05) is 18.2 Å². The lowest BCUT2D eigenvalue weighted by Crippen LogP contribution is -1.93. The van der Waals surface area contributed by atoms with E-state index in [9.17, 15) is 0 Å². The summed E-state index contributed by atoms with van der Waals surface area (Å²) in [6.07, 6.45) is 3.98. The zero-order chi connectivity index (χ0) is 14.1. The topological polar surface area (TPSA) is 39.4 Å². The molecule has 0 bridgehead atoms. The summed E-state index contributed by atoms with van der Waals surface area (Å²) < 4.78 is 8.93. The average Bonchev–Trinajstić information content (AvgIpc) is 3.09. The van der Waals surface area contributed by atoms with Gasteiger partial charge in [0.25, 0.3) is 0 Å². The van der Waals surface area contributed by atoms with E-state index in [1.54, 1.807) is 11.3 Å². The third-order valence-electron chi connectivity index (χ3n) is 3.23. The van der Waals surface area contributed by atoms with Crippen molar-refractivity contribution in [3.05, 3.63) is 65.6 Å². The molecule has 3 heterocycles. The molecule has 21 heavy (non-hydrogen) atoms. The monoisotopic (exact) mass is 295 g/mol. The SMILES string of the molecule is c1ccc2sc(COCc3cn4ccccc4n3)nc2c1. The molecule has 1 aromatic carbocycles. The van der Waals surface area contributed by atoms with Crippen LogP contribution < -0.4 is 0 Å². The molecule has 0 fully saturated rings. The van der Waals surface area contributed by atoms with Crippen molar-refractivity contribution in [3.63, 3.8) is 0 Å². The van der Waals surface area contributed by atoms with Crippen LogP contribution in [0.25, 0.3) is 15.9 Å². The molecule has 5 heteroatoms. The van der Waals surface area contributed by atoms with E-state index in [0.717, 1.165) is 21.9 Å². The third-order valence-corrected chi connectivity index (χ3v) is 4.24. The van der Waals surface area contributed by atoms with Crippen molar-refractivity contribution >= 4 is 27.2 Å². The Morgan fingerprint density at radius 1 is 1.00 bits per heavy atom. The fraction of sp³-hybridized carbons (Fsp3) is 0.125. The van der Waals surface area contributed by atoms with Crippen LogP contribution in [0.2, 0.25) is 0 Å². The number of hydrogen-bond acceptors (Lipinski definition) is 4. The third kappa shape index (κ3) is 2.53. The summed E-state index contributed by atoms with van der Waals surface area (Å²) in [6, 6.07) is 14.1. The molecule has 0 saturated heterocycles. The van der Waals surface area contributed by atoms with Gasteiger partial charge in [-0.3, -0.25) is 0 Å². The number of benzene rings is 1. The number of rotatable bonds is 4. The van der Waals surface area contributed by atoms with Crippen molar-refractivity contribution in [1.82, 2.24) is 14.4 Å². The summed E-state index contributed by atoms with van der Waals surface area (Å²) in [5.74, 6) is 0. The molecule has 0 N–H and O–H groups in total. The van der Waals surface area contributed by atoms with Gasteiger partial charge < -0.3 is 9.14 Å². The summed E-state index contributed by atoms with van der Waals surface area (Å²) in [6.45, 7) is 1.02. The maximum absolute atomic E-state index is 5.74. The first kappa shape index (κ1) is 12.5. The van der Waals surface area contributed by atoms with Gasteiger partial charge in [0.2, 0.25) is 0 Å². The first-order valence-corrected chi connectivity index (χ1v) is 7.55. The highest BCUT2D eigenvalue weighted by Gasteiger charge is 2.05. The number of imidazole rings is 1. The molecule has 0 amide bonds. The summed E-state index contributed by atoms with van der Waals surface area (Å²) in [5, 5.41) is 1.000. The predicted molar refractivity (Wildman–Crippen MR) is 83.3 cm³/mol. The minimum atomic E-state index is 0.498. The number of para-hydroxylation sites is 1. The van der Waals surface area contributed by atoms with Crippen molar-refractivity contribution in [2.45, 2.75) is 13.2 Å². The van der Waals surface area contributed by atoms with Crippen LogP contribution in [-0.2, 0) is 18.0 Å². The van der Waals surface area contributed by atoms with Gasteiger partial charge in [-0.15, -0.1) is 11.3 Å². The zero-order valence-corrected chi connectivity index (χ0v) is 12.1. The lowest BCUT2D eigenvalue weighted by atomic mass is 10.3. The lowest BCUT2D eigenvalue weighted by molar-refractivity contribution is 0.105. The highest BCUT2D eigenvalue weighted by atomic mass is 32.1. The van der Waals surface area contributed by atoms with Crippen molar-refractivity contribution in [2.75, 3.05) is 0 Å². The molecule has 3 aromatic heterocycles. The van der Waals surface area contributed by atoms with Gasteiger partial charge in [0.1, 0.15) is 10.7 Å². The molecule has 0 saturated carbocycles. The number of aromatic nitrogens is 3. The van der Waals surface area contributed by atoms with Crippen molar-refractivity contribution in [3.8, 4) is 0 Å². The fourth-order valence-electron chi connectivity index (χ4n) is 2.28. The quantitative estimate of drug-likeness (QED) is 0.577. The van der Waals surface area contributed by atoms with E-state index in [0.29, 0.717) is 13.2 Å². The molecule has 0 aliphatic heterocycles. The summed E-state index contributed by atoms with van der Waals surface area (Å²) in [7, 11) is 0. The highest BCUT2D eigenvalue weighted by molar-refractivity contribution is 7.18. The number of hydrogen-bond donors (Lipinski definition) is 0. The van der Waals surface area contributed by atoms with Crippen LogP contribution in [-0.4, -0.2) is 14.4 Å². The van der Waals surface area contributed by atoms with E-state index in [2.05, 4.69) is 16.0 Å². The molecular formula is C16H13N3OS. The largest absolute Gasteiger partial charge is 0.368 e. The van der Waals surface area contributed by atoms with E-state index in [1.807, 2.05) is 53.2 Å². The molecule has 0 atom stereocenters. The molecule has 104 valence electrons. The first-order valence-electron chi connectivity index (χ1n) is 6.73. The number of nitrogens with zero attached hydrogens (tertiary/aromatic N) is 3. The molecule has 4 aromatic rings. The zero-order valence-electron chi connectivity index (χ0n) is 11.3. The van der Waals surface area contributed by atoms with Gasteiger partial charge in [0.05, 0.1) is 29.1 Å². The number of ether oxygens (including phenoxy) is 1. The molecule has 0 spiro atoms. The average molecular weight is 295 g/mol. The Morgan fingerprint density at radius 3 is 2.81 bits per heavy atom.